The summed E-state index contributed by atoms with van der Waals surface area (Å²) < 4.78 is 0. The van der Waals surface area contributed by atoms with E-state index in [1.807, 2.05) is 44.2 Å². The molecular formula is C24H35N5O6. The number of primary amides is 1. The van der Waals surface area contributed by atoms with Gasteiger partial charge in [0, 0.05) is 6.42 Å². The predicted molar refractivity (Wildman–Crippen MR) is 128 cm³/mol. The van der Waals surface area contributed by atoms with Gasteiger partial charge in [-0.25, -0.2) is 4.79 Å². The zero-order valence-corrected chi connectivity index (χ0v) is 20.1. The van der Waals surface area contributed by atoms with Gasteiger partial charge in [-0.1, -0.05) is 44.2 Å². The van der Waals surface area contributed by atoms with E-state index in [0.717, 1.165) is 18.5 Å². The van der Waals surface area contributed by atoms with Crippen LogP contribution in [0.5, 0.6) is 0 Å². The lowest BCUT2D eigenvalue weighted by molar-refractivity contribution is -0.143. The van der Waals surface area contributed by atoms with E-state index >= 15 is 0 Å². The molecule has 1 aliphatic rings. The molecule has 0 radical (unpaired) electrons. The van der Waals surface area contributed by atoms with E-state index in [1.54, 1.807) is 0 Å². The van der Waals surface area contributed by atoms with Crippen LogP contribution in [0.1, 0.15) is 45.1 Å². The normalized spacial score (nSPS) is 17.7. The lowest BCUT2D eigenvalue weighted by Crippen LogP contribution is -2.58. The second kappa shape index (κ2) is 13.4. The monoisotopic (exact) mass is 489 g/mol. The summed E-state index contributed by atoms with van der Waals surface area (Å²) in [7, 11) is 0. The van der Waals surface area contributed by atoms with Crippen LogP contribution in [0.15, 0.2) is 30.3 Å². The molecule has 4 unspecified atom stereocenters. The molecule has 4 amide bonds. The number of nitrogens with two attached hydrogens (primary N) is 1. The van der Waals surface area contributed by atoms with Gasteiger partial charge in [0.15, 0.2) is 0 Å². The fourth-order valence-electron chi connectivity index (χ4n) is 3.89. The van der Waals surface area contributed by atoms with Gasteiger partial charge in [-0.15, -0.1) is 0 Å². The van der Waals surface area contributed by atoms with Crippen molar-refractivity contribution in [1.29, 1.82) is 0 Å². The average molecular weight is 490 g/mol. The van der Waals surface area contributed by atoms with E-state index in [-0.39, 0.29) is 30.7 Å². The lowest BCUT2D eigenvalue weighted by Gasteiger charge is -2.26. The Morgan fingerprint density at radius 2 is 1.63 bits per heavy atom. The Morgan fingerprint density at radius 1 is 1.00 bits per heavy atom. The predicted octanol–water partition coefficient (Wildman–Crippen LogP) is -0.558. The Kier molecular flexibility index (Phi) is 10.7. The second-order valence-electron chi connectivity index (χ2n) is 9.16. The number of carbonyl (C=O) groups excluding carboxylic acids is 4. The lowest BCUT2D eigenvalue weighted by atomic mass is 10.0. The van der Waals surface area contributed by atoms with Crippen LogP contribution < -0.4 is 27.0 Å². The topological polar surface area (TPSA) is 180 Å². The van der Waals surface area contributed by atoms with Crippen LogP contribution in [0.25, 0.3) is 0 Å². The highest BCUT2D eigenvalue weighted by molar-refractivity contribution is 5.95. The SMILES string of the molecule is CC(C)CC(NC(=O)C(Cc1ccccc1)NC(=O)C1CCCN1)C(=O)NC(CC(N)=O)C(=O)O. The minimum absolute atomic E-state index is 0.0182. The van der Waals surface area contributed by atoms with Crippen LogP contribution in [0.2, 0.25) is 0 Å². The summed E-state index contributed by atoms with van der Waals surface area (Å²) in [5, 5.41) is 20.1. The summed E-state index contributed by atoms with van der Waals surface area (Å²) in [6.07, 6.45) is 1.38. The molecule has 1 saturated heterocycles. The highest BCUT2D eigenvalue weighted by Crippen LogP contribution is 2.10. The molecular weight excluding hydrogens is 454 g/mol. The zero-order chi connectivity index (χ0) is 26.0. The van der Waals surface area contributed by atoms with Crippen molar-refractivity contribution in [2.75, 3.05) is 6.54 Å². The smallest absolute Gasteiger partial charge is 0.326 e. The number of nitrogens with one attached hydrogen (secondary N) is 4. The van der Waals surface area contributed by atoms with Gasteiger partial charge in [-0.05, 0) is 37.3 Å². The van der Waals surface area contributed by atoms with Crippen LogP contribution in [0.4, 0.5) is 0 Å². The Hall–Kier alpha value is -3.47. The van der Waals surface area contributed by atoms with E-state index in [0.29, 0.717) is 6.42 Å². The van der Waals surface area contributed by atoms with Gasteiger partial charge in [0.1, 0.15) is 18.1 Å². The zero-order valence-electron chi connectivity index (χ0n) is 20.1. The van der Waals surface area contributed by atoms with Gasteiger partial charge in [0.2, 0.25) is 23.6 Å². The minimum atomic E-state index is -1.51. The van der Waals surface area contributed by atoms with Crippen molar-refractivity contribution in [1.82, 2.24) is 21.3 Å². The van der Waals surface area contributed by atoms with Crippen LogP contribution in [0.3, 0.4) is 0 Å². The number of aliphatic carboxylic acids is 1. The van der Waals surface area contributed by atoms with Crippen molar-refractivity contribution in [2.45, 2.75) is 70.1 Å². The Bertz CT molecular complexity index is 901. The summed E-state index contributed by atoms with van der Waals surface area (Å²) in [6.45, 7) is 4.42. The first-order chi connectivity index (χ1) is 16.6. The van der Waals surface area contributed by atoms with Crippen molar-refractivity contribution in [3.8, 4) is 0 Å². The van der Waals surface area contributed by atoms with E-state index in [4.69, 9.17) is 5.73 Å². The maximum atomic E-state index is 13.3. The van der Waals surface area contributed by atoms with Gasteiger partial charge >= 0.3 is 5.97 Å². The Labute approximate surface area is 204 Å². The van der Waals surface area contributed by atoms with Crippen molar-refractivity contribution in [3.63, 3.8) is 0 Å². The first-order valence-electron chi connectivity index (χ1n) is 11.8. The second-order valence-corrected chi connectivity index (χ2v) is 9.16. The van der Waals surface area contributed by atoms with Crippen molar-refractivity contribution in [2.24, 2.45) is 11.7 Å². The van der Waals surface area contributed by atoms with Crippen molar-refractivity contribution >= 4 is 29.6 Å². The summed E-state index contributed by atoms with van der Waals surface area (Å²) in [4.78, 5) is 61.5. The van der Waals surface area contributed by atoms with Crippen LogP contribution in [-0.2, 0) is 30.4 Å². The van der Waals surface area contributed by atoms with Crippen LogP contribution in [-0.4, -0.2) is 65.4 Å². The molecule has 0 aromatic heterocycles. The number of carboxylic acids is 1. The number of amides is 4. The summed E-state index contributed by atoms with van der Waals surface area (Å²) in [5.41, 5.74) is 5.91. The molecule has 11 nitrogen and oxygen atoms in total. The molecule has 0 bridgehead atoms. The standard InChI is InChI=1S/C24H35N5O6/c1-14(2)11-17(22(32)29-19(24(34)35)13-20(25)30)27-23(33)18(12-15-7-4-3-5-8-15)28-21(31)16-9-6-10-26-16/h3-5,7-8,14,16-19,26H,6,9-13H2,1-2H3,(H2,25,30)(H,27,33)(H,28,31)(H,29,32)(H,34,35). The van der Waals surface area contributed by atoms with Crippen molar-refractivity contribution in [3.05, 3.63) is 35.9 Å². The molecule has 0 aliphatic carbocycles. The third-order valence-electron chi connectivity index (χ3n) is 5.65. The van der Waals surface area contributed by atoms with Crippen LogP contribution in [0, 0.1) is 5.92 Å². The van der Waals surface area contributed by atoms with E-state index in [1.165, 1.54) is 0 Å². The number of benzene rings is 1. The number of rotatable bonds is 13. The fourth-order valence-corrected chi connectivity index (χ4v) is 3.89. The van der Waals surface area contributed by atoms with Crippen LogP contribution >= 0.6 is 0 Å². The molecule has 4 atom stereocenters. The number of hydrogen-bond acceptors (Lipinski definition) is 6. The third kappa shape index (κ3) is 9.36. The molecule has 1 fully saturated rings. The molecule has 1 heterocycles. The molecule has 0 spiro atoms. The summed E-state index contributed by atoms with van der Waals surface area (Å²) in [6, 6.07) is 5.23. The first kappa shape index (κ1) is 27.8. The minimum Gasteiger partial charge on any atom is -0.480 e. The highest BCUT2D eigenvalue weighted by Gasteiger charge is 2.32. The van der Waals surface area contributed by atoms with Gasteiger partial charge in [-0.3, -0.25) is 19.2 Å². The van der Waals surface area contributed by atoms with E-state index in [9.17, 15) is 29.1 Å². The van der Waals surface area contributed by atoms with Gasteiger partial charge in [0.25, 0.3) is 0 Å². The Balaban J connectivity index is 2.18. The van der Waals surface area contributed by atoms with E-state index < -0.39 is 48.2 Å². The largest absolute Gasteiger partial charge is 0.480 e. The van der Waals surface area contributed by atoms with E-state index in [2.05, 4.69) is 21.3 Å². The number of carbonyl (C=O) groups is 5. The summed E-state index contributed by atoms with van der Waals surface area (Å²) in [5.74, 6) is -3.92. The first-order valence-corrected chi connectivity index (χ1v) is 11.8. The quantitative estimate of drug-likeness (QED) is 0.215. The maximum absolute atomic E-state index is 13.3. The molecule has 1 aromatic carbocycles. The van der Waals surface area contributed by atoms with Gasteiger partial charge in [0.05, 0.1) is 12.5 Å². The fraction of sp³-hybridized carbons (Fsp3) is 0.542. The third-order valence-corrected chi connectivity index (χ3v) is 5.65. The molecule has 1 aromatic rings. The maximum Gasteiger partial charge on any atom is 0.326 e. The van der Waals surface area contributed by atoms with Gasteiger partial charge in [-0.2, -0.15) is 0 Å². The molecule has 2 rings (SSSR count). The van der Waals surface area contributed by atoms with Crippen molar-refractivity contribution < 1.29 is 29.1 Å². The molecule has 192 valence electrons. The highest BCUT2D eigenvalue weighted by atomic mass is 16.4. The molecule has 35 heavy (non-hydrogen) atoms. The number of carboxylic acid groups (broad SMARTS) is 1. The molecule has 11 heteroatoms. The van der Waals surface area contributed by atoms with Gasteiger partial charge < -0.3 is 32.1 Å². The molecule has 1 aliphatic heterocycles. The Morgan fingerprint density at radius 3 is 2.17 bits per heavy atom. The molecule has 7 N–H and O–H groups in total. The summed E-state index contributed by atoms with van der Waals surface area (Å²) >= 11 is 0. The number of hydrogen-bond donors (Lipinski definition) is 6. The molecule has 0 saturated carbocycles. The average Bonchev–Trinajstić information content (AvgIpc) is 3.33.